The van der Waals surface area contributed by atoms with Crippen LogP contribution in [-0.4, -0.2) is 18.9 Å². The molecule has 0 saturated carbocycles. The lowest BCUT2D eigenvalue weighted by Gasteiger charge is -2.08. The second-order valence-electron chi connectivity index (χ2n) is 2.82. The molecule has 0 aliphatic heterocycles. The summed E-state index contributed by atoms with van der Waals surface area (Å²) in [6, 6.07) is 4.51. The number of carbonyl (C=O) groups excluding carboxylic acids is 1. The van der Waals surface area contributed by atoms with Gasteiger partial charge >= 0.3 is 12.3 Å². The van der Waals surface area contributed by atoms with E-state index < -0.39 is 24.7 Å². The van der Waals surface area contributed by atoms with Crippen LogP contribution in [0.25, 0.3) is 0 Å². The minimum Gasteiger partial charge on any atom is -0.440 e. The van der Waals surface area contributed by atoms with Crippen LogP contribution in [0.4, 0.5) is 28.0 Å². The third-order valence-corrected chi connectivity index (χ3v) is 1.46. The van der Waals surface area contributed by atoms with E-state index in [1.807, 2.05) is 5.32 Å². The van der Waals surface area contributed by atoms with E-state index in [-0.39, 0.29) is 5.69 Å². The van der Waals surface area contributed by atoms with Crippen LogP contribution >= 0.6 is 0 Å². The Bertz CT molecular complexity index is 361. The Kier molecular flexibility index (Phi) is 3.70. The van der Waals surface area contributed by atoms with Gasteiger partial charge in [-0.1, -0.05) is 0 Å². The molecule has 0 atom stereocenters. The van der Waals surface area contributed by atoms with Crippen LogP contribution in [0.3, 0.4) is 0 Å². The van der Waals surface area contributed by atoms with Gasteiger partial charge < -0.3 is 4.74 Å². The summed E-state index contributed by atoms with van der Waals surface area (Å²) < 4.78 is 51.3. The molecular weight excluding hydrogens is 230 g/mol. The summed E-state index contributed by atoms with van der Waals surface area (Å²) in [7, 11) is 0. The molecule has 0 fully saturated rings. The molecule has 7 heteroatoms. The fourth-order valence-electron chi connectivity index (χ4n) is 0.835. The topological polar surface area (TPSA) is 38.3 Å². The molecule has 0 aromatic heterocycles. The molecule has 88 valence electrons. The van der Waals surface area contributed by atoms with Crippen molar-refractivity contribution in [1.82, 2.24) is 0 Å². The van der Waals surface area contributed by atoms with Crippen molar-refractivity contribution in [2.75, 3.05) is 11.9 Å². The predicted molar refractivity (Wildman–Crippen MR) is 47.4 cm³/mol. The van der Waals surface area contributed by atoms with E-state index in [4.69, 9.17) is 0 Å². The number of nitrogens with one attached hydrogen (secondary N) is 1. The normalized spacial score (nSPS) is 11.0. The van der Waals surface area contributed by atoms with Crippen molar-refractivity contribution >= 4 is 11.8 Å². The molecule has 0 aliphatic carbocycles. The lowest BCUT2D eigenvalue weighted by molar-refractivity contribution is -0.159. The molecule has 16 heavy (non-hydrogen) atoms. The Morgan fingerprint density at radius 2 is 1.81 bits per heavy atom. The van der Waals surface area contributed by atoms with Crippen molar-refractivity contribution in [1.29, 1.82) is 0 Å². The van der Waals surface area contributed by atoms with Gasteiger partial charge in [0.1, 0.15) is 5.82 Å². The van der Waals surface area contributed by atoms with Gasteiger partial charge in [0, 0.05) is 5.69 Å². The Morgan fingerprint density at radius 1 is 1.25 bits per heavy atom. The van der Waals surface area contributed by atoms with Crippen LogP contribution in [0, 0.1) is 5.82 Å². The third-order valence-electron chi connectivity index (χ3n) is 1.46. The Morgan fingerprint density at radius 3 is 2.31 bits per heavy atom. The molecule has 0 aliphatic rings. The van der Waals surface area contributed by atoms with Crippen LogP contribution in [-0.2, 0) is 4.74 Å². The SMILES string of the molecule is O=C(Nc1ccc(F)cc1)OCC(F)(F)F. The Hall–Kier alpha value is -1.79. The quantitative estimate of drug-likeness (QED) is 0.803. The summed E-state index contributed by atoms with van der Waals surface area (Å²) in [5, 5.41) is 2.01. The summed E-state index contributed by atoms with van der Waals surface area (Å²) >= 11 is 0. The van der Waals surface area contributed by atoms with Crippen molar-refractivity contribution in [3.63, 3.8) is 0 Å². The molecule has 0 bridgehead atoms. The van der Waals surface area contributed by atoms with Gasteiger partial charge in [0.15, 0.2) is 6.61 Å². The molecule has 0 heterocycles. The van der Waals surface area contributed by atoms with Crippen LogP contribution in [0.1, 0.15) is 0 Å². The monoisotopic (exact) mass is 237 g/mol. The molecular formula is C9H7F4NO2. The van der Waals surface area contributed by atoms with Gasteiger partial charge in [-0.3, -0.25) is 5.32 Å². The highest BCUT2D eigenvalue weighted by atomic mass is 19.4. The van der Waals surface area contributed by atoms with Gasteiger partial charge in [0.2, 0.25) is 0 Å². The number of halogens is 4. The molecule has 1 amide bonds. The predicted octanol–water partition coefficient (Wildman–Crippen LogP) is 2.94. The number of amides is 1. The number of rotatable bonds is 2. The lowest BCUT2D eigenvalue weighted by atomic mass is 10.3. The van der Waals surface area contributed by atoms with E-state index in [1.165, 1.54) is 12.1 Å². The summed E-state index contributed by atoms with van der Waals surface area (Å²) in [4.78, 5) is 10.8. The third kappa shape index (κ3) is 4.63. The van der Waals surface area contributed by atoms with E-state index in [9.17, 15) is 22.4 Å². The van der Waals surface area contributed by atoms with Gasteiger partial charge in [-0.2, -0.15) is 13.2 Å². The van der Waals surface area contributed by atoms with Crippen molar-refractivity contribution < 1.29 is 27.1 Å². The number of ether oxygens (including phenoxy) is 1. The van der Waals surface area contributed by atoms with Crippen molar-refractivity contribution in [2.45, 2.75) is 6.18 Å². The number of anilines is 1. The van der Waals surface area contributed by atoms with Gasteiger partial charge in [0.05, 0.1) is 0 Å². The number of hydrogen-bond acceptors (Lipinski definition) is 2. The molecule has 1 aromatic carbocycles. The van der Waals surface area contributed by atoms with Crippen LogP contribution in [0.5, 0.6) is 0 Å². The van der Waals surface area contributed by atoms with E-state index in [0.717, 1.165) is 12.1 Å². The highest BCUT2D eigenvalue weighted by molar-refractivity contribution is 5.84. The highest BCUT2D eigenvalue weighted by Gasteiger charge is 2.29. The highest BCUT2D eigenvalue weighted by Crippen LogP contribution is 2.15. The van der Waals surface area contributed by atoms with Crippen LogP contribution < -0.4 is 5.32 Å². The molecule has 1 aromatic rings. The number of alkyl halides is 3. The minimum absolute atomic E-state index is 0.147. The maximum atomic E-state index is 12.4. The zero-order valence-electron chi connectivity index (χ0n) is 7.84. The average molecular weight is 237 g/mol. The fourth-order valence-corrected chi connectivity index (χ4v) is 0.835. The molecule has 1 N–H and O–H groups in total. The zero-order valence-corrected chi connectivity index (χ0v) is 7.84. The van der Waals surface area contributed by atoms with Crippen molar-refractivity contribution in [3.8, 4) is 0 Å². The smallest absolute Gasteiger partial charge is 0.422 e. The molecule has 0 unspecified atom stereocenters. The van der Waals surface area contributed by atoms with Gasteiger partial charge in [0.25, 0.3) is 0 Å². The number of benzene rings is 1. The zero-order chi connectivity index (χ0) is 12.2. The first-order valence-corrected chi connectivity index (χ1v) is 4.13. The second kappa shape index (κ2) is 4.82. The largest absolute Gasteiger partial charge is 0.440 e. The molecule has 0 radical (unpaired) electrons. The van der Waals surface area contributed by atoms with Crippen molar-refractivity contribution in [3.05, 3.63) is 30.1 Å². The minimum atomic E-state index is -4.57. The van der Waals surface area contributed by atoms with E-state index in [2.05, 4.69) is 4.74 Å². The second-order valence-corrected chi connectivity index (χ2v) is 2.82. The summed E-state index contributed by atoms with van der Waals surface area (Å²) in [5.41, 5.74) is 0.147. The van der Waals surface area contributed by atoms with Crippen LogP contribution in [0.15, 0.2) is 24.3 Å². The Balaban J connectivity index is 2.43. The van der Waals surface area contributed by atoms with E-state index in [0.29, 0.717) is 0 Å². The first-order chi connectivity index (χ1) is 7.37. The number of carbonyl (C=O) groups is 1. The molecule has 1 rings (SSSR count). The number of hydrogen-bond donors (Lipinski definition) is 1. The molecule has 0 spiro atoms. The average Bonchev–Trinajstić information content (AvgIpc) is 2.18. The van der Waals surface area contributed by atoms with Gasteiger partial charge in [-0.05, 0) is 24.3 Å². The lowest BCUT2D eigenvalue weighted by Crippen LogP contribution is -2.23. The molecule has 3 nitrogen and oxygen atoms in total. The van der Waals surface area contributed by atoms with Gasteiger partial charge in [-0.25, -0.2) is 9.18 Å². The van der Waals surface area contributed by atoms with Crippen LogP contribution in [0.2, 0.25) is 0 Å². The Labute approximate surface area is 88.0 Å². The fraction of sp³-hybridized carbons (Fsp3) is 0.222. The standard InChI is InChI=1S/C9H7F4NO2/c10-6-1-3-7(4-2-6)14-8(15)16-5-9(11,12)13/h1-4H,5H2,(H,14,15). The van der Waals surface area contributed by atoms with Crippen molar-refractivity contribution in [2.24, 2.45) is 0 Å². The first-order valence-electron chi connectivity index (χ1n) is 4.13. The maximum Gasteiger partial charge on any atom is 0.422 e. The summed E-state index contributed by atoms with van der Waals surface area (Å²) in [5.74, 6) is -0.519. The maximum absolute atomic E-state index is 12.4. The van der Waals surface area contributed by atoms with E-state index >= 15 is 0 Å². The summed E-state index contributed by atoms with van der Waals surface area (Å²) in [6.45, 7) is -1.67. The molecule has 0 saturated heterocycles. The van der Waals surface area contributed by atoms with Gasteiger partial charge in [-0.15, -0.1) is 0 Å². The van der Waals surface area contributed by atoms with E-state index in [1.54, 1.807) is 0 Å². The summed E-state index contributed by atoms with van der Waals surface area (Å²) in [6.07, 6.45) is -5.82. The first kappa shape index (κ1) is 12.3.